The maximum absolute atomic E-state index is 11.2. The van der Waals surface area contributed by atoms with Gasteiger partial charge in [0.15, 0.2) is 0 Å². The molecule has 0 saturated carbocycles. The smallest absolute Gasteiger partial charge is 0.0329 e. The van der Waals surface area contributed by atoms with E-state index in [-0.39, 0.29) is 0 Å². The van der Waals surface area contributed by atoms with Crippen LogP contribution in [0.3, 0.4) is 0 Å². The van der Waals surface area contributed by atoms with Crippen LogP contribution in [0.15, 0.2) is 0 Å². The number of nitrogens with one attached hydrogen (secondary N) is 1. The zero-order valence-corrected chi connectivity index (χ0v) is 11.3. The lowest BCUT2D eigenvalue weighted by Gasteiger charge is -2.21. The van der Waals surface area contributed by atoms with Crippen molar-refractivity contribution in [1.29, 1.82) is 0 Å². The summed E-state index contributed by atoms with van der Waals surface area (Å²) in [6.45, 7) is 5.68. The molecule has 0 radical (unpaired) electrons. The maximum atomic E-state index is 11.2. The quantitative estimate of drug-likeness (QED) is 0.782. The minimum Gasteiger partial charge on any atom is -0.312 e. The summed E-state index contributed by atoms with van der Waals surface area (Å²) < 4.78 is 11.2. The average Bonchev–Trinajstić information content (AvgIpc) is 2.81. The molecule has 0 aromatic carbocycles. The molecule has 2 aliphatic rings. The number of hydrogen-bond donors (Lipinski definition) is 1. The van der Waals surface area contributed by atoms with Crippen LogP contribution in [0.1, 0.15) is 32.6 Å². The normalized spacial score (nSPS) is 33.9. The van der Waals surface area contributed by atoms with Crippen LogP contribution in [0.4, 0.5) is 0 Å². The van der Waals surface area contributed by atoms with E-state index in [9.17, 15) is 4.21 Å². The third-order valence-electron chi connectivity index (χ3n) is 4.13. The molecular weight excluding hydrogens is 220 g/mol. The van der Waals surface area contributed by atoms with Crippen LogP contribution >= 0.6 is 0 Å². The monoisotopic (exact) mass is 244 g/mol. The molecule has 1 N–H and O–H groups in total. The Morgan fingerprint density at radius 2 is 2.25 bits per heavy atom. The van der Waals surface area contributed by atoms with Crippen molar-refractivity contribution in [2.75, 3.05) is 25.9 Å². The van der Waals surface area contributed by atoms with Crippen LogP contribution in [-0.2, 0) is 10.8 Å². The van der Waals surface area contributed by atoms with E-state index in [0.29, 0.717) is 11.3 Å². The van der Waals surface area contributed by atoms with E-state index in [1.165, 1.54) is 32.4 Å². The summed E-state index contributed by atoms with van der Waals surface area (Å²) in [6, 6.07) is 1.49. The first-order chi connectivity index (χ1) is 7.68. The number of fused-ring (bicyclic) bond motifs is 1. The van der Waals surface area contributed by atoms with Gasteiger partial charge < -0.3 is 5.32 Å². The van der Waals surface area contributed by atoms with Crippen molar-refractivity contribution in [2.24, 2.45) is 0 Å². The highest BCUT2D eigenvalue weighted by Gasteiger charge is 2.36. The lowest BCUT2D eigenvalue weighted by Crippen LogP contribution is -2.40. The zero-order chi connectivity index (χ0) is 11.5. The van der Waals surface area contributed by atoms with Crippen molar-refractivity contribution in [3.8, 4) is 0 Å². The van der Waals surface area contributed by atoms with Crippen LogP contribution in [0, 0.1) is 0 Å². The van der Waals surface area contributed by atoms with Crippen LogP contribution in [0.2, 0.25) is 0 Å². The van der Waals surface area contributed by atoms with Gasteiger partial charge in [0.05, 0.1) is 0 Å². The lowest BCUT2D eigenvalue weighted by molar-refractivity contribution is 0.299. The minimum atomic E-state index is -0.669. The second-order valence-electron chi connectivity index (χ2n) is 5.19. The fourth-order valence-electron chi connectivity index (χ4n) is 2.96. The molecule has 16 heavy (non-hydrogen) atoms. The highest BCUT2D eigenvalue weighted by atomic mass is 32.2. The van der Waals surface area contributed by atoms with E-state index in [4.69, 9.17) is 0 Å². The Labute approximate surface area is 101 Å². The van der Waals surface area contributed by atoms with Crippen molar-refractivity contribution in [3.63, 3.8) is 0 Å². The summed E-state index contributed by atoms with van der Waals surface area (Å²) in [5.41, 5.74) is 0. The van der Waals surface area contributed by atoms with Gasteiger partial charge in [-0.25, -0.2) is 0 Å². The highest BCUT2D eigenvalue weighted by molar-refractivity contribution is 7.84. The molecule has 0 aliphatic carbocycles. The molecule has 2 fully saturated rings. The molecule has 0 aromatic heterocycles. The zero-order valence-electron chi connectivity index (χ0n) is 10.4. The van der Waals surface area contributed by atoms with E-state index in [1.807, 2.05) is 0 Å². The Kier molecular flexibility index (Phi) is 4.39. The fraction of sp³-hybridized carbons (Fsp3) is 1.00. The second kappa shape index (κ2) is 5.61. The standard InChI is InChI=1S/C12H24N2OS/c1-10(16(2)15)5-7-13-11-6-9-14-8-3-4-12(11)14/h10-13H,3-9H2,1-2H3. The SMILES string of the molecule is CC(CCNC1CCN2CCCC12)S(C)=O. The minimum absolute atomic E-state index is 0.327. The molecular formula is C12H24N2OS. The van der Waals surface area contributed by atoms with Gasteiger partial charge in [-0.05, 0) is 38.8 Å². The molecule has 4 unspecified atom stereocenters. The van der Waals surface area contributed by atoms with E-state index in [0.717, 1.165) is 19.0 Å². The van der Waals surface area contributed by atoms with Gasteiger partial charge in [-0.15, -0.1) is 0 Å². The molecule has 4 atom stereocenters. The van der Waals surface area contributed by atoms with Crippen molar-refractivity contribution >= 4 is 10.8 Å². The Bertz CT molecular complexity index is 259. The molecule has 4 heteroatoms. The topological polar surface area (TPSA) is 32.3 Å². The van der Waals surface area contributed by atoms with Gasteiger partial charge in [-0.3, -0.25) is 9.11 Å². The van der Waals surface area contributed by atoms with Crippen LogP contribution in [0.25, 0.3) is 0 Å². The number of rotatable bonds is 5. The van der Waals surface area contributed by atoms with Gasteiger partial charge in [-0.2, -0.15) is 0 Å². The summed E-state index contributed by atoms with van der Waals surface area (Å²) in [6.07, 6.45) is 6.88. The van der Waals surface area contributed by atoms with Gasteiger partial charge in [0.2, 0.25) is 0 Å². The molecule has 0 aromatic rings. The Morgan fingerprint density at radius 1 is 1.44 bits per heavy atom. The lowest BCUT2D eigenvalue weighted by atomic mass is 10.1. The first-order valence-electron chi connectivity index (χ1n) is 6.48. The maximum Gasteiger partial charge on any atom is 0.0329 e. The predicted molar refractivity (Wildman–Crippen MR) is 69.1 cm³/mol. The average molecular weight is 244 g/mol. The summed E-state index contributed by atoms with van der Waals surface area (Å²) in [4.78, 5) is 2.62. The number of nitrogens with zero attached hydrogens (tertiary/aromatic N) is 1. The number of hydrogen-bond acceptors (Lipinski definition) is 3. The van der Waals surface area contributed by atoms with Gasteiger partial charge in [0.1, 0.15) is 0 Å². The summed E-state index contributed by atoms with van der Waals surface area (Å²) in [7, 11) is -0.669. The second-order valence-corrected chi connectivity index (χ2v) is 6.99. The van der Waals surface area contributed by atoms with E-state index in [2.05, 4.69) is 17.1 Å². The third kappa shape index (κ3) is 2.84. The molecule has 2 heterocycles. The molecule has 2 rings (SSSR count). The fourth-order valence-corrected chi connectivity index (χ4v) is 3.41. The molecule has 2 saturated heterocycles. The largest absolute Gasteiger partial charge is 0.312 e. The Hall–Kier alpha value is 0.0700. The molecule has 0 amide bonds. The molecule has 3 nitrogen and oxygen atoms in total. The van der Waals surface area contributed by atoms with E-state index < -0.39 is 10.8 Å². The molecule has 94 valence electrons. The van der Waals surface area contributed by atoms with Gasteiger partial charge in [0, 0.05) is 40.9 Å². The molecule has 2 aliphatic heterocycles. The molecule has 0 spiro atoms. The van der Waals surface area contributed by atoms with Crippen molar-refractivity contribution in [1.82, 2.24) is 10.2 Å². The van der Waals surface area contributed by atoms with Crippen molar-refractivity contribution < 1.29 is 4.21 Å². The van der Waals surface area contributed by atoms with Crippen molar-refractivity contribution in [3.05, 3.63) is 0 Å². The summed E-state index contributed by atoms with van der Waals surface area (Å²) in [5, 5.41) is 3.99. The third-order valence-corrected chi connectivity index (χ3v) is 5.50. The Morgan fingerprint density at radius 3 is 3.00 bits per heavy atom. The van der Waals surface area contributed by atoms with Gasteiger partial charge >= 0.3 is 0 Å². The van der Waals surface area contributed by atoms with Crippen molar-refractivity contribution in [2.45, 2.75) is 49.9 Å². The van der Waals surface area contributed by atoms with Crippen LogP contribution < -0.4 is 5.32 Å². The van der Waals surface area contributed by atoms with Gasteiger partial charge in [-0.1, -0.05) is 6.92 Å². The van der Waals surface area contributed by atoms with Crippen LogP contribution in [-0.4, -0.2) is 52.3 Å². The summed E-state index contributed by atoms with van der Waals surface area (Å²) >= 11 is 0. The summed E-state index contributed by atoms with van der Waals surface area (Å²) in [5.74, 6) is 0. The Balaban J connectivity index is 1.68. The van der Waals surface area contributed by atoms with Gasteiger partial charge in [0.25, 0.3) is 0 Å². The predicted octanol–water partition coefficient (Wildman–Crippen LogP) is 0.970. The first-order valence-corrected chi connectivity index (χ1v) is 8.10. The van der Waals surface area contributed by atoms with Crippen LogP contribution in [0.5, 0.6) is 0 Å². The highest BCUT2D eigenvalue weighted by Crippen LogP contribution is 2.27. The van der Waals surface area contributed by atoms with E-state index in [1.54, 1.807) is 6.26 Å². The van der Waals surface area contributed by atoms with E-state index >= 15 is 0 Å². The molecule has 0 bridgehead atoms. The first kappa shape index (κ1) is 12.5.